The van der Waals surface area contributed by atoms with Crippen LogP contribution in [-0.2, 0) is 6.42 Å². The van der Waals surface area contributed by atoms with Crippen LogP contribution in [0.2, 0.25) is 0 Å². The lowest BCUT2D eigenvalue weighted by molar-refractivity contribution is 0.174. The van der Waals surface area contributed by atoms with Crippen molar-refractivity contribution in [3.05, 3.63) is 39.7 Å². The molecule has 0 aliphatic carbocycles. The van der Waals surface area contributed by atoms with Crippen molar-refractivity contribution in [3.63, 3.8) is 0 Å². The molecular weight excluding hydrogens is 422 g/mol. The van der Waals surface area contributed by atoms with Gasteiger partial charge in [-0.1, -0.05) is 38.6 Å². The highest BCUT2D eigenvalue weighted by Gasteiger charge is 2.27. The Labute approximate surface area is 165 Å². The molecule has 2 N–H and O–H groups in total. The highest BCUT2D eigenvalue weighted by molar-refractivity contribution is 9.10. The Morgan fingerprint density at radius 2 is 2.12 bits per heavy atom. The van der Waals surface area contributed by atoms with E-state index in [1.54, 1.807) is 30.2 Å². The first kappa shape index (κ1) is 20.1. The minimum Gasteiger partial charge on any atom is -0.497 e. The van der Waals surface area contributed by atoms with Crippen LogP contribution in [-0.4, -0.2) is 24.4 Å². The second-order valence-electron chi connectivity index (χ2n) is 6.70. The molecule has 1 aromatic heterocycles. The van der Waals surface area contributed by atoms with Gasteiger partial charge in [0.25, 0.3) is 0 Å². The lowest BCUT2D eigenvalue weighted by atomic mass is 9.84. The summed E-state index contributed by atoms with van der Waals surface area (Å²) in [5.41, 5.74) is -0.158. The van der Waals surface area contributed by atoms with E-state index in [1.165, 1.54) is 0 Å². The molecule has 0 spiro atoms. The molecule has 0 aliphatic rings. The number of amides is 1. The predicted molar refractivity (Wildman–Crippen MR) is 107 cm³/mol. The number of carbonyl (C=O) groups is 1. The molecule has 7 heteroatoms. The quantitative estimate of drug-likeness (QED) is 0.583. The monoisotopic (exact) mass is 443 g/mol. The molecule has 0 fully saturated rings. The number of carboxylic acid groups (broad SMARTS) is 1. The van der Waals surface area contributed by atoms with E-state index >= 15 is 0 Å². The maximum absolute atomic E-state index is 11.1. The van der Waals surface area contributed by atoms with Crippen molar-refractivity contribution in [2.24, 2.45) is 5.41 Å². The molecule has 0 saturated carbocycles. The second-order valence-corrected chi connectivity index (χ2v) is 10.0. The van der Waals surface area contributed by atoms with E-state index in [0.29, 0.717) is 6.42 Å². The molecule has 2 rings (SSSR count). The molecule has 0 bridgehead atoms. The Hall–Kier alpha value is -1.18. The zero-order valence-corrected chi connectivity index (χ0v) is 17.8. The van der Waals surface area contributed by atoms with Crippen molar-refractivity contribution >= 4 is 45.1 Å². The average Bonchev–Trinajstić information content (AvgIpc) is 2.85. The fourth-order valence-electron chi connectivity index (χ4n) is 2.26. The average molecular weight is 444 g/mol. The first-order chi connectivity index (χ1) is 11.7. The van der Waals surface area contributed by atoms with Crippen LogP contribution in [0.25, 0.3) is 0 Å². The van der Waals surface area contributed by atoms with Crippen LogP contribution < -0.4 is 10.1 Å². The van der Waals surface area contributed by atoms with E-state index in [9.17, 15) is 4.79 Å². The maximum atomic E-state index is 11.1. The number of halogens is 1. The highest BCUT2D eigenvalue weighted by atomic mass is 79.9. The lowest BCUT2D eigenvalue weighted by Gasteiger charge is -2.30. The van der Waals surface area contributed by atoms with Crippen molar-refractivity contribution in [2.45, 2.75) is 42.3 Å². The van der Waals surface area contributed by atoms with Crippen LogP contribution in [0.15, 0.2) is 43.9 Å². The zero-order chi connectivity index (χ0) is 18.6. The van der Waals surface area contributed by atoms with Crippen LogP contribution >= 0.6 is 39.0 Å². The summed E-state index contributed by atoms with van der Waals surface area (Å²) in [5, 5.41) is 11.7. The van der Waals surface area contributed by atoms with E-state index in [-0.39, 0.29) is 11.5 Å². The molecule has 4 nitrogen and oxygen atoms in total. The third-order valence-corrected chi connectivity index (χ3v) is 7.20. The van der Waals surface area contributed by atoms with E-state index in [4.69, 9.17) is 9.84 Å². The number of hydrogen-bond donors (Lipinski definition) is 2. The first-order valence-electron chi connectivity index (χ1n) is 7.78. The molecule has 0 aliphatic heterocycles. The van der Waals surface area contributed by atoms with Gasteiger partial charge in [-0.2, -0.15) is 0 Å². The van der Waals surface area contributed by atoms with Crippen LogP contribution in [0.1, 0.15) is 25.6 Å². The summed E-state index contributed by atoms with van der Waals surface area (Å²) in [5.74, 6) is 0.830. The van der Waals surface area contributed by atoms with Crippen molar-refractivity contribution < 1.29 is 14.6 Å². The topological polar surface area (TPSA) is 58.6 Å². The van der Waals surface area contributed by atoms with Gasteiger partial charge < -0.3 is 15.2 Å². The first-order valence-corrected chi connectivity index (χ1v) is 10.2. The number of ether oxygens (including phenoxy) is 1. The van der Waals surface area contributed by atoms with Gasteiger partial charge in [-0.15, -0.1) is 11.3 Å². The number of methoxy groups -OCH3 is 1. The van der Waals surface area contributed by atoms with Gasteiger partial charge in [0.2, 0.25) is 0 Å². The normalized spacial score (nSPS) is 12.7. The van der Waals surface area contributed by atoms with Crippen LogP contribution in [0.5, 0.6) is 5.75 Å². The van der Waals surface area contributed by atoms with Crippen LogP contribution in [0.3, 0.4) is 0 Å². The summed E-state index contributed by atoms with van der Waals surface area (Å²) in [6, 6.07) is 9.87. The third-order valence-electron chi connectivity index (χ3n) is 3.71. The molecule has 25 heavy (non-hydrogen) atoms. The van der Waals surface area contributed by atoms with Gasteiger partial charge in [-0.05, 0) is 45.6 Å². The van der Waals surface area contributed by atoms with E-state index in [2.05, 4.69) is 27.3 Å². The van der Waals surface area contributed by atoms with Crippen LogP contribution in [0.4, 0.5) is 4.79 Å². The fraction of sp³-hybridized carbons (Fsp3) is 0.389. The van der Waals surface area contributed by atoms with Gasteiger partial charge in [-0.3, -0.25) is 0 Å². The molecule has 1 aromatic carbocycles. The number of thiophene rings is 1. The number of nitrogens with one attached hydrogen (secondary N) is 1. The molecule has 136 valence electrons. The Balaban J connectivity index is 2.16. The molecular formula is C18H22BrNO3S2. The largest absolute Gasteiger partial charge is 0.497 e. The summed E-state index contributed by atoms with van der Waals surface area (Å²) in [6.45, 7) is 6.13. The van der Waals surface area contributed by atoms with Gasteiger partial charge in [0, 0.05) is 26.7 Å². The number of rotatable bonds is 6. The lowest BCUT2D eigenvalue weighted by Crippen LogP contribution is -2.44. The third kappa shape index (κ3) is 5.94. The SMILES string of the molecule is COc1cccc(Sc2sc(CC(NC(=O)O)C(C)(C)C)cc2Br)c1. The summed E-state index contributed by atoms with van der Waals surface area (Å²) in [7, 11) is 1.66. The Morgan fingerprint density at radius 1 is 1.40 bits per heavy atom. The van der Waals surface area contributed by atoms with E-state index < -0.39 is 6.09 Å². The molecule has 0 radical (unpaired) electrons. The highest BCUT2D eigenvalue weighted by Crippen LogP contribution is 2.41. The van der Waals surface area contributed by atoms with Crippen LogP contribution in [0, 0.1) is 5.41 Å². The fourth-order valence-corrected chi connectivity index (χ4v) is 5.47. The molecule has 1 amide bonds. The predicted octanol–water partition coefficient (Wildman–Crippen LogP) is 5.90. The van der Waals surface area contributed by atoms with Gasteiger partial charge in [0.15, 0.2) is 0 Å². The van der Waals surface area contributed by atoms with Gasteiger partial charge in [0.1, 0.15) is 5.75 Å². The number of benzene rings is 1. The summed E-state index contributed by atoms with van der Waals surface area (Å²) in [6.07, 6.45) is -0.320. The smallest absolute Gasteiger partial charge is 0.404 e. The van der Waals surface area contributed by atoms with Gasteiger partial charge in [-0.25, -0.2) is 4.79 Å². The zero-order valence-electron chi connectivity index (χ0n) is 14.6. The molecule has 1 unspecified atom stereocenters. The van der Waals surface area contributed by atoms with E-state index in [0.717, 1.165) is 24.2 Å². The van der Waals surface area contributed by atoms with Crippen molar-refractivity contribution in [1.82, 2.24) is 5.32 Å². The minimum absolute atomic E-state index is 0.148. The minimum atomic E-state index is -0.985. The second kappa shape index (κ2) is 8.47. The molecule has 1 atom stereocenters. The molecule has 0 saturated heterocycles. The summed E-state index contributed by atoms with van der Waals surface area (Å²) in [4.78, 5) is 13.3. The van der Waals surface area contributed by atoms with Crippen molar-refractivity contribution in [2.75, 3.05) is 7.11 Å². The molecule has 1 heterocycles. The van der Waals surface area contributed by atoms with E-state index in [1.807, 2.05) is 45.0 Å². The van der Waals surface area contributed by atoms with Crippen molar-refractivity contribution in [3.8, 4) is 5.75 Å². The Morgan fingerprint density at radius 3 is 2.72 bits per heavy atom. The maximum Gasteiger partial charge on any atom is 0.404 e. The van der Waals surface area contributed by atoms with Gasteiger partial charge >= 0.3 is 6.09 Å². The summed E-state index contributed by atoms with van der Waals surface area (Å²) >= 11 is 6.97. The number of hydrogen-bond acceptors (Lipinski definition) is 4. The Kier molecular flexibility index (Phi) is 6.82. The molecule has 2 aromatic rings. The van der Waals surface area contributed by atoms with Gasteiger partial charge in [0.05, 0.1) is 11.3 Å². The summed E-state index contributed by atoms with van der Waals surface area (Å²) < 4.78 is 7.45. The van der Waals surface area contributed by atoms with Crippen molar-refractivity contribution in [1.29, 1.82) is 0 Å². The standard InChI is InChI=1S/C18H22BrNO3S2/c1-18(2,3)15(20-17(21)22)10-13-9-14(19)16(25-13)24-12-7-5-6-11(8-12)23-4/h5-9,15,20H,10H2,1-4H3,(H,21,22). The Bertz CT molecular complexity index is 740.